The van der Waals surface area contributed by atoms with E-state index in [4.69, 9.17) is 27.9 Å². The van der Waals surface area contributed by atoms with Crippen LogP contribution in [-0.2, 0) is 16.1 Å². The highest BCUT2D eigenvalue weighted by molar-refractivity contribution is 6.46. The molecule has 5 nitrogen and oxygen atoms in total. The molecule has 7 heteroatoms. The van der Waals surface area contributed by atoms with Crippen LogP contribution < -0.4 is 4.74 Å². The van der Waals surface area contributed by atoms with Crippen molar-refractivity contribution in [1.29, 1.82) is 0 Å². The summed E-state index contributed by atoms with van der Waals surface area (Å²) in [6.45, 7) is 0.119. The highest BCUT2D eigenvalue weighted by Gasteiger charge is 2.46. The van der Waals surface area contributed by atoms with Gasteiger partial charge in [-0.05, 0) is 35.9 Å². The number of halogens is 2. The monoisotopic (exact) mass is 467 g/mol. The van der Waals surface area contributed by atoms with Crippen molar-refractivity contribution >= 4 is 40.7 Å². The van der Waals surface area contributed by atoms with E-state index in [0.717, 1.165) is 5.56 Å². The molecule has 1 amide bonds. The molecular weight excluding hydrogens is 449 g/mol. The Balaban J connectivity index is 1.87. The number of Topliss-reactive ketones (excluding diaryl/α,β-unsaturated/α-hetero) is 1. The molecular formula is C25H19Cl2NO4. The second kappa shape index (κ2) is 9.07. The van der Waals surface area contributed by atoms with E-state index in [0.29, 0.717) is 26.9 Å². The average molecular weight is 468 g/mol. The second-order valence-corrected chi connectivity index (χ2v) is 8.17. The number of rotatable bonds is 5. The smallest absolute Gasteiger partial charge is 0.295 e. The largest absolute Gasteiger partial charge is 0.507 e. The normalized spacial score (nSPS) is 17.6. The number of ether oxygens (including phenoxy) is 1. The lowest BCUT2D eigenvalue weighted by molar-refractivity contribution is -0.140. The van der Waals surface area contributed by atoms with Crippen LogP contribution in [0.25, 0.3) is 5.76 Å². The van der Waals surface area contributed by atoms with Crippen LogP contribution in [0.3, 0.4) is 0 Å². The summed E-state index contributed by atoms with van der Waals surface area (Å²) in [5.41, 5.74) is 1.73. The topological polar surface area (TPSA) is 66.8 Å². The molecule has 0 spiro atoms. The summed E-state index contributed by atoms with van der Waals surface area (Å²) in [6.07, 6.45) is 0. The SMILES string of the molecule is COc1ccccc1CN1C(=O)C(=O)/C(=C(\O)c2cccc(Cl)c2)C1c1ccc(Cl)cc1. The molecule has 4 rings (SSSR count). The van der Waals surface area contributed by atoms with Crippen LogP contribution >= 0.6 is 23.2 Å². The summed E-state index contributed by atoms with van der Waals surface area (Å²) in [6, 6.07) is 19.8. The number of ketones is 1. The van der Waals surface area contributed by atoms with E-state index in [-0.39, 0.29) is 17.9 Å². The molecule has 1 aliphatic rings. The number of nitrogens with zero attached hydrogens (tertiary/aromatic N) is 1. The minimum Gasteiger partial charge on any atom is -0.507 e. The number of carbonyl (C=O) groups is 2. The number of methoxy groups -OCH3 is 1. The zero-order chi connectivity index (χ0) is 22.8. The van der Waals surface area contributed by atoms with E-state index in [2.05, 4.69) is 0 Å². The number of benzene rings is 3. The fourth-order valence-electron chi connectivity index (χ4n) is 3.84. The molecule has 0 aromatic heterocycles. The van der Waals surface area contributed by atoms with Crippen molar-refractivity contribution < 1.29 is 19.4 Å². The van der Waals surface area contributed by atoms with Crippen molar-refractivity contribution in [1.82, 2.24) is 4.90 Å². The van der Waals surface area contributed by atoms with Crippen LogP contribution in [0.5, 0.6) is 5.75 Å². The molecule has 162 valence electrons. The van der Waals surface area contributed by atoms with E-state index < -0.39 is 17.7 Å². The van der Waals surface area contributed by atoms with Gasteiger partial charge in [-0.25, -0.2) is 0 Å². The van der Waals surface area contributed by atoms with E-state index >= 15 is 0 Å². The maximum absolute atomic E-state index is 13.1. The number of amides is 1. The minimum atomic E-state index is -0.809. The molecule has 0 saturated carbocycles. The van der Waals surface area contributed by atoms with Crippen LogP contribution in [-0.4, -0.2) is 28.8 Å². The van der Waals surface area contributed by atoms with Gasteiger partial charge in [-0.2, -0.15) is 0 Å². The van der Waals surface area contributed by atoms with Crippen LogP contribution in [0.2, 0.25) is 10.0 Å². The summed E-state index contributed by atoms with van der Waals surface area (Å²) in [7, 11) is 1.54. The Morgan fingerprint density at radius 3 is 2.38 bits per heavy atom. The van der Waals surface area contributed by atoms with Crippen LogP contribution in [0, 0.1) is 0 Å². The molecule has 1 heterocycles. The number of carbonyl (C=O) groups excluding carboxylic acids is 2. The standard InChI is InChI=1S/C25H19Cl2NO4/c1-32-20-8-3-2-5-17(20)14-28-22(15-9-11-18(26)12-10-15)21(24(30)25(28)31)23(29)16-6-4-7-19(27)13-16/h2-13,22,29H,14H2,1H3/b23-21-. The molecule has 0 radical (unpaired) electrons. The van der Waals surface area contributed by atoms with Gasteiger partial charge in [-0.15, -0.1) is 0 Å². The summed E-state index contributed by atoms with van der Waals surface area (Å²) in [5, 5.41) is 12.0. The number of hydrogen-bond acceptors (Lipinski definition) is 4. The first-order valence-electron chi connectivity index (χ1n) is 9.82. The maximum Gasteiger partial charge on any atom is 0.295 e. The molecule has 1 saturated heterocycles. The van der Waals surface area contributed by atoms with Gasteiger partial charge in [-0.1, -0.05) is 65.7 Å². The Kier molecular flexibility index (Phi) is 6.21. The summed E-state index contributed by atoms with van der Waals surface area (Å²) in [5.74, 6) is -1.16. The molecule has 3 aromatic rings. The highest BCUT2D eigenvalue weighted by Crippen LogP contribution is 2.41. The van der Waals surface area contributed by atoms with Gasteiger partial charge < -0.3 is 14.7 Å². The van der Waals surface area contributed by atoms with Crippen molar-refractivity contribution in [3.63, 3.8) is 0 Å². The zero-order valence-corrected chi connectivity index (χ0v) is 18.6. The Bertz CT molecular complexity index is 1220. The van der Waals surface area contributed by atoms with Crippen LogP contribution in [0.1, 0.15) is 22.7 Å². The Labute approximate surface area is 195 Å². The van der Waals surface area contributed by atoms with E-state index in [1.807, 2.05) is 18.2 Å². The van der Waals surface area contributed by atoms with Crippen LogP contribution in [0.15, 0.2) is 78.4 Å². The molecule has 0 bridgehead atoms. The number of likely N-dealkylation sites (tertiary alicyclic amines) is 1. The Morgan fingerprint density at radius 1 is 0.969 bits per heavy atom. The highest BCUT2D eigenvalue weighted by atomic mass is 35.5. The fourth-order valence-corrected chi connectivity index (χ4v) is 4.16. The zero-order valence-electron chi connectivity index (χ0n) is 17.1. The molecule has 1 fully saturated rings. The predicted octanol–water partition coefficient (Wildman–Crippen LogP) is 5.62. The van der Waals surface area contributed by atoms with Crippen molar-refractivity contribution in [2.24, 2.45) is 0 Å². The van der Waals surface area contributed by atoms with Gasteiger partial charge in [0.2, 0.25) is 0 Å². The first-order chi connectivity index (χ1) is 15.4. The maximum atomic E-state index is 13.1. The van der Waals surface area contributed by atoms with E-state index in [9.17, 15) is 14.7 Å². The number of aliphatic hydroxyl groups excluding tert-OH is 1. The molecule has 32 heavy (non-hydrogen) atoms. The molecule has 1 unspecified atom stereocenters. The number of hydrogen-bond donors (Lipinski definition) is 1. The lowest BCUT2D eigenvalue weighted by atomic mass is 9.95. The van der Waals surface area contributed by atoms with Gasteiger partial charge in [0.15, 0.2) is 0 Å². The molecule has 1 aliphatic heterocycles. The third-order valence-electron chi connectivity index (χ3n) is 5.36. The number of para-hydroxylation sites is 1. The lowest BCUT2D eigenvalue weighted by Gasteiger charge is -2.26. The summed E-state index contributed by atoms with van der Waals surface area (Å²) >= 11 is 12.1. The van der Waals surface area contributed by atoms with Crippen molar-refractivity contribution in [2.45, 2.75) is 12.6 Å². The Hall–Kier alpha value is -3.28. The fraction of sp³-hybridized carbons (Fsp3) is 0.120. The first kappa shape index (κ1) is 21.9. The van der Waals surface area contributed by atoms with E-state index in [1.165, 1.54) is 4.90 Å². The van der Waals surface area contributed by atoms with Crippen molar-refractivity contribution in [2.75, 3.05) is 7.11 Å². The Morgan fingerprint density at radius 2 is 1.69 bits per heavy atom. The quantitative estimate of drug-likeness (QED) is 0.300. The number of aliphatic hydroxyl groups is 1. The van der Waals surface area contributed by atoms with Gasteiger partial charge >= 0.3 is 0 Å². The van der Waals surface area contributed by atoms with Gasteiger partial charge in [0.05, 0.1) is 25.3 Å². The second-order valence-electron chi connectivity index (χ2n) is 7.30. The molecule has 0 aliphatic carbocycles. The van der Waals surface area contributed by atoms with Crippen molar-refractivity contribution in [3.05, 3.63) is 105 Å². The van der Waals surface area contributed by atoms with Gasteiger partial charge in [0.25, 0.3) is 11.7 Å². The molecule has 1 N–H and O–H groups in total. The van der Waals surface area contributed by atoms with Gasteiger partial charge in [-0.3, -0.25) is 9.59 Å². The molecule has 1 atom stereocenters. The molecule has 3 aromatic carbocycles. The summed E-state index contributed by atoms with van der Waals surface area (Å²) < 4.78 is 5.41. The van der Waals surface area contributed by atoms with Crippen LogP contribution in [0.4, 0.5) is 0 Å². The average Bonchev–Trinajstić information content (AvgIpc) is 3.04. The first-order valence-corrected chi connectivity index (χ1v) is 10.6. The predicted molar refractivity (Wildman–Crippen MR) is 124 cm³/mol. The van der Waals surface area contributed by atoms with Crippen molar-refractivity contribution in [3.8, 4) is 5.75 Å². The van der Waals surface area contributed by atoms with Gasteiger partial charge in [0.1, 0.15) is 11.5 Å². The lowest BCUT2D eigenvalue weighted by Crippen LogP contribution is -2.29. The third-order valence-corrected chi connectivity index (χ3v) is 5.84. The van der Waals surface area contributed by atoms with E-state index in [1.54, 1.807) is 61.7 Å². The summed E-state index contributed by atoms with van der Waals surface area (Å²) in [4.78, 5) is 27.7. The minimum absolute atomic E-state index is 0.00510. The van der Waals surface area contributed by atoms with Gasteiger partial charge in [0, 0.05) is 21.2 Å². The third kappa shape index (κ3) is 4.09.